The average molecular weight is 462 g/mol. The molecular weight excluding hydrogens is 442 g/mol. The molecule has 5 rings (SSSR count). The molecule has 0 amide bonds. The Morgan fingerprint density at radius 1 is 0.969 bits per heavy atom. The smallest absolute Gasteiger partial charge is 0.268 e. The first-order valence-electron chi connectivity index (χ1n) is 10.3. The lowest BCUT2D eigenvalue weighted by Gasteiger charge is -2.24. The van der Waals surface area contributed by atoms with Crippen LogP contribution in [0, 0.1) is 6.92 Å². The van der Waals surface area contributed by atoms with E-state index in [1.165, 1.54) is 3.97 Å². The first-order chi connectivity index (χ1) is 15.4. The molecule has 0 aliphatic heterocycles. The summed E-state index contributed by atoms with van der Waals surface area (Å²) in [6.07, 6.45) is 3.00. The first kappa shape index (κ1) is 20.7. The largest absolute Gasteiger partial charge is 0.298 e. The van der Waals surface area contributed by atoms with Crippen LogP contribution in [-0.2, 0) is 21.2 Å². The minimum atomic E-state index is -3.85. The van der Waals surface area contributed by atoms with E-state index in [9.17, 15) is 13.2 Å². The molecule has 32 heavy (non-hydrogen) atoms. The van der Waals surface area contributed by atoms with Crippen molar-refractivity contribution in [1.82, 2.24) is 3.97 Å². The predicted octanol–water partition coefficient (Wildman–Crippen LogP) is 5.76. The van der Waals surface area contributed by atoms with Crippen molar-refractivity contribution in [2.24, 2.45) is 0 Å². The number of carbonyl (C=O) groups is 1. The van der Waals surface area contributed by atoms with Gasteiger partial charge in [0.25, 0.3) is 10.0 Å². The third-order valence-corrected chi connectivity index (χ3v) is 8.17. The molecule has 0 saturated carbocycles. The number of hydrogen-bond donors (Lipinski definition) is 0. The van der Waals surface area contributed by atoms with E-state index in [1.54, 1.807) is 36.4 Å². The number of aromatic nitrogens is 1. The minimum absolute atomic E-state index is 0.228. The lowest BCUT2D eigenvalue weighted by molar-refractivity contribution is -0.105. The standard InChI is InChI=1S/C26H20ClNO3S/c1-17-10-12-19(13-11-17)32(30,31)28-25-9-5-3-7-21(25)23-14-18(16-29)22(15-26(23)28)20-6-2-4-8-24(20)27/h2-14,16,22H,15H2,1H3/t22-/m0/s1. The van der Waals surface area contributed by atoms with E-state index >= 15 is 0 Å². The van der Waals surface area contributed by atoms with Crippen LogP contribution in [0.2, 0.25) is 5.02 Å². The van der Waals surface area contributed by atoms with E-state index < -0.39 is 10.0 Å². The van der Waals surface area contributed by atoms with E-state index in [0.29, 0.717) is 28.2 Å². The maximum Gasteiger partial charge on any atom is 0.268 e. The second kappa shape index (κ2) is 7.76. The summed E-state index contributed by atoms with van der Waals surface area (Å²) in [7, 11) is -3.85. The molecule has 1 heterocycles. The molecule has 0 saturated heterocycles. The van der Waals surface area contributed by atoms with Gasteiger partial charge in [-0.3, -0.25) is 4.79 Å². The summed E-state index contributed by atoms with van der Waals surface area (Å²) in [5, 5.41) is 1.35. The van der Waals surface area contributed by atoms with Crippen LogP contribution in [-0.4, -0.2) is 18.7 Å². The summed E-state index contributed by atoms with van der Waals surface area (Å²) < 4.78 is 29.0. The van der Waals surface area contributed by atoms with E-state index in [4.69, 9.17) is 11.6 Å². The van der Waals surface area contributed by atoms with Gasteiger partial charge in [-0.15, -0.1) is 0 Å². The number of hydrogen-bond acceptors (Lipinski definition) is 3. The molecular formula is C26H20ClNO3S. The molecule has 1 aliphatic rings. The van der Waals surface area contributed by atoms with Crippen molar-refractivity contribution in [2.45, 2.75) is 24.2 Å². The fourth-order valence-corrected chi connectivity index (χ4v) is 6.31. The third kappa shape index (κ3) is 3.20. The van der Waals surface area contributed by atoms with Crippen molar-refractivity contribution in [3.8, 4) is 0 Å². The van der Waals surface area contributed by atoms with Crippen LogP contribution < -0.4 is 0 Å². The summed E-state index contributed by atoms with van der Waals surface area (Å²) in [4.78, 5) is 12.2. The Labute approximate surface area is 191 Å². The van der Waals surface area contributed by atoms with Gasteiger partial charge in [-0.05, 0) is 42.8 Å². The molecule has 1 aromatic heterocycles. The van der Waals surface area contributed by atoms with E-state index in [2.05, 4.69) is 0 Å². The highest BCUT2D eigenvalue weighted by atomic mass is 35.5. The van der Waals surface area contributed by atoms with Crippen molar-refractivity contribution in [1.29, 1.82) is 0 Å². The molecule has 4 aromatic rings. The number of halogens is 1. The second-order valence-corrected chi connectivity index (χ2v) is 10.2. The van der Waals surface area contributed by atoms with Crippen LogP contribution in [0.4, 0.5) is 0 Å². The van der Waals surface area contributed by atoms with Crippen LogP contribution in [0.1, 0.15) is 28.3 Å². The number of allylic oxidation sites excluding steroid dienone is 1. The van der Waals surface area contributed by atoms with Gasteiger partial charge in [-0.1, -0.05) is 65.7 Å². The topological polar surface area (TPSA) is 56.1 Å². The number of aldehydes is 1. The Kier molecular flexibility index (Phi) is 5.03. The summed E-state index contributed by atoms with van der Waals surface area (Å²) >= 11 is 6.46. The fraction of sp³-hybridized carbons (Fsp3) is 0.115. The first-order valence-corrected chi connectivity index (χ1v) is 12.1. The quantitative estimate of drug-likeness (QED) is 0.363. The van der Waals surface area contributed by atoms with Crippen LogP contribution in [0.3, 0.4) is 0 Å². The van der Waals surface area contributed by atoms with Gasteiger partial charge in [-0.25, -0.2) is 12.4 Å². The van der Waals surface area contributed by atoms with E-state index in [1.807, 2.05) is 49.4 Å². The van der Waals surface area contributed by atoms with Crippen molar-refractivity contribution in [3.05, 3.63) is 106 Å². The minimum Gasteiger partial charge on any atom is -0.298 e. The maximum absolute atomic E-state index is 13.8. The highest BCUT2D eigenvalue weighted by Crippen LogP contribution is 2.42. The van der Waals surface area contributed by atoms with Crippen LogP contribution in [0.25, 0.3) is 17.0 Å². The number of nitrogens with zero attached hydrogens (tertiary/aromatic N) is 1. The zero-order valence-corrected chi connectivity index (χ0v) is 18.9. The van der Waals surface area contributed by atoms with Gasteiger partial charge in [0, 0.05) is 39.6 Å². The molecule has 0 N–H and O–H groups in total. The molecule has 4 nitrogen and oxygen atoms in total. The van der Waals surface area contributed by atoms with Gasteiger partial charge in [0.2, 0.25) is 0 Å². The summed E-state index contributed by atoms with van der Waals surface area (Å²) in [6, 6.07) is 21.6. The molecule has 160 valence electrons. The van der Waals surface area contributed by atoms with Crippen molar-refractivity contribution in [2.75, 3.05) is 0 Å². The molecule has 0 unspecified atom stereocenters. The Balaban J connectivity index is 1.79. The lowest BCUT2D eigenvalue weighted by Crippen LogP contribution is -2.20. The van der Waals surface area contributed by atoms with Gasteiger partial charge < -0.3 is 0 Å². The maximum atomic E-state index is 13.8. The van der Waals surface area contributed by atoms with Gasteiger partial charge in [-0.2, -0.15) is 0 Å². The summed E-state index contributed by atoms with van der Waals surface area (Å²) in [6.45, 7) is 1.92. The molecule has 0 spiro atoms. The van der Waals surface area contributed by atoms with E-state index in [-0.39, 0.29) is 10.8 Å². The zero-order chi connectivity index (χ0) is 22.5. The number of para-hydroxylation sites is 1. The number of rotatable bonds is 4. The van der Waals surface area contributed by atoms with Crippen molar-refractivity contribution in [3.63, 3.8) is 0 Å². The Morgan fingerprint density at radius 2 is 1.66 bits per heavy atom. The van der Waals surface area contributed by atoms with E-state index in [0.717, 1.165) is 28.4 Å². The summed E-state index contributed by atoms with van der Waals surface area (Å²) in [5.41, 5.74) is 4.40. The van der Waals surface area contributed by atoms with Crippen molar-refractivity contribution < 1.29 is 13.2 Å². The molecule has 0 fully saturated rings. The highest BCUT2D eigenvalue weighted by Gasteiger charge is 2.33. The Morgan fingerprint density at radius 3 is 2.38 bits per heavy atom. The SMILES string of the molecule is Cc1ccc(S(=O)(=O)n2c3c(c4ccccc42)C=C(C=O)[C@@H](c2ccccc2Cl)C3)cc1. The van der Waals surface area contributed by atoms with Gasteiger partial charge in [0.05, 0.1) is 10.4 Å². The van der Waals surface area contributed by atoms with Crippen LogP contribution in [0.5, 0.6) is 0 Å². The highest BCUT2D eigenvalue weighted by molar-refractivity contribution is 7.90. The second-order valence-electron chi connectivity index (χ2n) is 8.00. The molecule has 1 aliphatic carbocycles. The predicted molar refractivity (Wildman–Crippen MR) is 128 cm³/mol. The Bertz CT molecular complexity index is 1500. The van der Waals surface area contributed by atoms with Crippen molar-refractivity contribution >= 4 is 44.9 Å². The van der Waals surface area contributed by atoms with Crippen LogP contribution >= 0.6 is 11.6 Å². The normalized spacial score (nSPS) is 15.9. The zero-order valence-electron chi connectivity index (χ0n) is 17.3. The monoisotopic (exact) mass is 461 g/mol. The third-order valence-electron chi connectivity index (χ3n) is 6.06. The Hall–Kier alpha value is -3.15. The number of aryl methyl sites for hydroxylation is 1. The fourth-order valence-electron chi connectivity index (χ4n) is 4.47. The van der Waals surface area contributed by atoms with Gasteiger partial charge >= 0.3 is 0 Å². The number of fused-ring (bicyclic) bond motifs is 3. The van der Waals surface area contributed by atoms with Crippen LogP contribution in [0.15, 0.2) is 83.3 Å². The number of carbonyl (C=O) groups excluding carboxylic acids is 1. The van der Waals surface area contributed by atoms with Gasteiger partial charge in [0.15, 0.2) is 0 Å². The molecule has 6 heteroatoms. The molecule has 0 bridgehead atoms. The molecule has 0 radical (unpaired) electrons. The average Bonchev–Trinajstić information content (AvgIpc) is 3.13. The van der Waals surface area contributed by atoms with Gasteiger partial charge in [0.1, 0.15) is 6.29 Å². The number of benzene rings is 3. The summed E-state index contributed by atoms with van der Waals surface area (Å²) in [5.74, 6) is -0.329. The lowest BCUT2D eigenvalue weighted by atomic mass is 9.82. The molecule has 3 aromatic carbocycles. The molecule has 1 atom stereocenters.